The minimum absolute atomic E-state index is 0.0123. The molecule has 1 aromatic carbocycles. The molecule has 2 heterocycles. The predicted molar refractivity (Wildman–Crippen MR) is 89.4 cm³/mol. The van der Waals surface area contributed by atoms with E-state index in [1.807, 2.05) is 18.2 Å². The van der Waals surface area contributed by atoms with Crippen molar-refractivity contribution in [3.8, 4) is 0 Å². The molecular formula is C17H24N4O2. The smallest absolute Gasteiger partial charge is 0.247 e. The third-order valence-corrected chi connectivity index (χ3v) is 4.58. The number of amides is 2. The Hall–Kier alpha value is -1.92. The van der Waals surface area contributed by atoms with Crippen molar-refractivity contribution < 1.29 is 9.59 Å². The Kier molecular flexibility index (Phi) is 4.93. The molecule has 2 amide bonds. The number of nitrogens with one attached hydrogen (secondary N) is 1. The Balaban J connectivity index is 1.72. The molecule has 0 saturated carbocycles. The van der Waals surface area contributed by atoms with Gasteiger partial charge in [0.15, 0.2) is 0 Å². The highest BCUT2D eigenvalue weighted by Crippen LogP contribution is 2.23. The first-order valence-corrected chi connectivity index (χ1v) is 8.20. The summed E-state index contributed by atoms with van der Waals surface area (Å²) in [4.78, 5) is 29.8. The van der Waals surface area contributed by atoms with Gasteiger partial charge in [-0.05, 0) is 18.1 Å². The zero-order valence-corrected chi connectivity index (χ0v) is 13.6. The summed E-state index contributed by atoms with van der Waals surface area (Å²) < 4.78 is 0. The number of carbonyl (C=O) groups excluding carboxylic acids is 2. The maximum atomic E-state index is 12.3. The fourth-order valence-corrected chi connectivity index (χ4v) is 3.14. The molecule has 0 unspecified atom stereocenters. The van der Waals surface area contributed by atoms with Crippen LogP contribution in [0.2, 0.25) is 0 Å². The molecule has 1 N–H and O–H groups in total. The summed E-state index contributed by atoms with van der Waals surface area (Å²) in [7, 11) is 1.67. The van der Waals surface area contributed by atoms with Gasteiger partial charge in [-0.1, -0.05) is 18.2 Å². The Labute approximate surface area is 137 Å². The normalized spacial score (nSPS) is 20.2. The summed E-state index contributed by atoms with van der Waals surface area (Å²) in [5, 5.41) is 3.35. The second kappa shape index (κ2) is 7.10. The largest absolute Gasteiger partial charge is 0.335 e. The SMILES string of the molecule is CN1CC(=O)N(c2ccccc2CCN2CCNCC2)CC1=O. The van der Waals surface area contributed by atoms with Crippen molar-refractivity contribution in [1.82, 2.24) is 15.1 Å². The molecule has 2 fully saturated rings. The summed E-state index contributed by atoms with van der Waals surface area (Å²) in [5.41, 5.74) is 2.02. The highest BCUT2D eigenvalue weighted by atomic mass is 16.2. The van der Waals surface area contributed by atoms with Gasteiger partial charge in [-0.3, -0.25) is 9.59 Å². The molecule has 6 nitrogen and oxygen atoms in total. The number of likely N-dealkylation sites (N-methyl/N-ethyl adjacent to an activating group) is 1. The van der Waals surface area contributed by atoms with E-state index in [1.165, 1.54) is 4.90 Å². The first kappa shape index (κ1) is 16.0. The van der Waals surface area contributed by atoms with Crippen LogP contribution >= 0.6 is 0 Å². The van der Waals surface area contributed by atoms with E-state index in [0.29, 0.717) is 0 Å². The zero-order valence-electron chi connectivity index (χ0n) is 13.6. The fraction of sp³-hybridized carbons (Fsp3) is 0.529. The van der Waals surface area contributed by atoms with Gasteiger partial charge in [0.25, 0.3) is 0 Å². The first-order valence-electron chi connectivity index (χ1n) is 8.20. The number of benzene rings is 1. The molecule has 0 aliphatic carbocycles. The Morgan fingerprint density at radius 2 is 1.78 bits per heavy atom. The molecule has 124 valence electrons. The highest BCUT2D eigenvalue weighted by Gasteiger charge is 2.29. The van der Waals surface area contributed by atoms with Crippen LogP contribution in [0.4, 0.5) is 5.69 Å². The first-order chi connectivity index (χ1) is 11.1. The third-order valence-electron chi connectivity index (χ3n) is 4.58. The lowest BCUT2D eigenvalue weighted by atomic mass is 10.1. The van der Waals surface area contributed by atoms with Crippen molar-refractivity contribution in [2.24, 2.45) is 0 Å². The van der Waals surface area contributed by atoms with Crippen molar-refractivity contribution in [3.63, 3.8) is 0 Å². The van der Waals surface area contributed by atoms with E-state index in [4.69, 9.17) is 0 Å². The molecule has 6 heteroatoms. The van der Waals surface area contributed by atoms with Crippen molar-refractivity contribution in [2.45, 2.75) is 6.42 Å². The van der Waals surface area contributed by atoms with Crippen LogP contribution in [0.3, 0.4) is 0 Å². The lowest BCUT2D eigenvalue weighted by molar-refractivity contribution is -0.136. The van der Waals surface area contributed by atoms with Crippen LogP contribution in [-0.4, -0.2) is 74.5 Å². The van der Waals surface area contributed by atoms with Gasteiger partial charge in [0.1, 0.15) is 6.54 Å². The number of nitrogens with zero attached hydrogens (tertiary/aromatic N) is 3. The number of anilines is 1. The van der Waals surface area contributed by atoms with Gasteiger partial charge < -0.3 is 20.0 Å². The lowest BCUT2D eigenvalue weighted by Crippen LogP contribution is -2.52. The monoisotopic (exact) mass is 316 g/mol. The van der Waals surface area contributed by atoms with Crippen LogP contribution in [-0.2, 0) is 16.0 Å². The van der Waals surface area contributed by atoms with E-state index in [2.05, 4.69) is 16.3 Å². The Morgan fingerprint density at radius 1 is 1.04 bits per heavy atom. The molecule has 0 atom stereocenters. The maximum Gasteiger partial charge on any atom is 0.247 e. The Bertz CT molecular complexity index is 584. The van der Waals surface area contributed by atoms with Crippen molar-refractivity contribution in [2.75, 3.05) is 57.8 Å². The second-order valence-corrected chi connectivity index (χ2v) is 6.20. The van der Waals surface area contributed by atoms with E-state index in [-0.39, 0.29) is 24.9 Å². The van der Waals surface area contributed by atoms with E-state index in [9.17, 15) is 9.59 Å². The molecule has 3 rings (SSSR count). The topological polar surface area (TPSA) is 55.9 Å². The van der Waals surface area contributed by atoms with E-state index in [0.717, 1.165) is 50.4 Å². The van der Waals surface area contributed by atoms with Crippen LogP contribution < -0.4 is 10.2 Å². The average Bonchev–Trinajstić information content (AvgIpc) is 2.58. The van der Waals surface area contributed by atoms with Gasteiger partial charge in [0, 0.05) is 45.5 Å². The molecule has 1 aromatic rings. The van der Waals surface area contributed by atoms with E-state index >= 15 is 0 Å². The van der Waals surface area contributed by atoms with E-state index in [1.54, 1.807) is 11.9 Å². The molecule has 0 radical (unpaired) electrons. The summed E-state index contributed by atoms with van der Waals surface area (Å²) in [5.74, 6) is -0.0248. The van der Waals surface area contributed by atoms with Gasteiger partial charge in [-0.15, -0.1) is 0 Å². The molecule has 0 spiro atoms. The van der Waals surface area contributed by atoms with Gasteiger partial charge in [-0.25, -0.2) is 0 Å². The molecule has 0 bridgehead atoms. The van der Waals surface area contributed by atoms with Crippen LogP contribution in [0.1, 0.15) is 5.56 Å². The second-order valence-electron chi connectivity index (χ2n) is 6.20. The number of rotatable bonds is 4. The van der Waals surface area contributed by atoms with Gasteiger partial charge in [-0.2, -0.15) is 0 Å². The molecule has 2 saturated heterocycles. The molecular weight excluding hydrogens is 292 g/mol. The highest BCUT2D eigenvalue weighted by molar-refractivity contribution is 6.04. The number of piperazine rings is 2. The minimum atomic E-state index is -0.0125. The van der Waals surface area contributed by atoms with Crippen LogP contribution in [0.25, 0.3) is 0 Å². The van der Waals surface area contributed by atoms with Gasteiger partial charge in [0.2, 0.25) is 11.8 Å². The standard InChI is InChI=1S/C17H24N4O2/c1-19-12-17(23)21(13-16(19)22)15-5-3-2-4-14(15)6-9-20-10-7-18-8-11-20/h2-5,18H,6-13H2,1H3. The minimum Gasteiger partial charge on any atom is -0.335 e. The summed E-state index contributed by atoms with van der Waals surface area (Å²) >= 11 is 0. The maximum absolute atomic E-state index is 12.3. The number of para-hydroxylation sites is 1. The summed E-state index contributed by atoms with van der Waals surface area (Å²) in [6.07, 6.45) is 0.893. The molecule has 2 aliphatic rings. The van der Waals surface area contributed by atoms with Crippen molar-refractivity contribution >= 4 is 17.5 Å². The average molecular weight is 316 g/mol. The molecule has 0 aromatic heterocycles. The quantitative estimate of drug-likeness (QED) is 0.845. The predicted octanol–water partition coefficient (Wildman–Crippen LogP) is -0.0607. The molecule has 2 aliphatic heterocycles. The number of carbonyl (C=O) groups is 2. The van der Waals surface area contributed by atoms with Crippen LogP contribution in [0.5, 0.6) is 0 Å². The third kappa shape index (κ3) is 3.71. The van der Waals surface area contributed by atoms with Gasteiger partial charge >= 0.3 is 0 Å². The number of hydrogen-bond acceptors (Lipinski definition) is 4. The fourth-order valence-electron chi connectivity index (χ4n) is 3.14. The molecule has 23 heavy (non-hydrogen) atoms. The van der Waals surface area contributed by atoms with Gasteiger partial charge in [0.05, 0.1) is 6.54 Å². The van der Waals surface area contributed by atoms with Crippen LogP contribution in [0, 0.1) is 0 Å². The Morgan fingerprint density at radius 3 is 2.57 bits per heavy atom. The van der Waals surface area contributed by atoms with Crippen LogP contribution in [0.15, 0.2) is 24.3 Å². The van der Waals surface area contributed by atoms with Crippen molar-refractivity contribution in [1.29, 1.82) is 0 Å². The van der Waals surface area contributed by atoms with E-state index < -0.39 is 0 Å². The summed E-state index contributed by atoms with van der Waals surface area (Å²) in [6.45, 7) is 5.47. The summed E-state index contributed by atoms with van der Waals surface area (Å²) in [6, 6.07) is 7.94. The lowest BCUT2D eigenvalue weighted by Gasteiger charge is -2.33. The number of hydrogen-bond donors (Lipinski definition) is 1. The van der Waals surface area contributed by atoms with Crippen molar-refractivity contribution in [3.05, 3.63) is 29.8 Å². The zero-order chi connectivity index (χ0) is 16.2.